The second-order valence-corrected chi connectivity index (χ2v) is 8.32. The molecule has 0 atom stereocenters. The first-order valence-corrected chi connectivity index (χ1v) is 10.4. The molecular weight excluding hydrogens is 338 g/mol. The fourth-order valence-electron chi connectivity index (χ4n) is 2.76. The minimum absolute atomic E-state index is 0.116. The van der Waals surface area contributed by atoms with Gasteiger partial charge in [-0.1, -0.05) is 52.5 Å². The lowest BCUT2D eigenvalue weighted by Gasteiger charge is -2.26. The number of methoxy groups -OCH3 is 1. The van der Waals surface area contributed by atoms with E-state index >= 15 is 0 Å². The lowest BCUT2D eigenvalue weighted by molar-refractivity contribution is -0.121. The quantitative estimate of drug-likeness (QED) is 0.437. The molecule has 0 aliphatic heterocycles. The van der Waals surface area contributed by atoms with Crippen molar-refractivity contribution >= 4 is 5.91 Å². The molecule has 4 nitrogen and oxygen atoms in total. The van der Waals surface area contributed by atoms with Crippen LogP contribution < -0.4 is 14.8 Å². The van der Waals surface area contributed by atoms with E-state index in [2.05, 4.69) is 39.9 Å². The molecule has 154 valence electrons. The molecule has 0 radical (unpaired) electrons. The van der Waals surface area contributed by atoms with E-state index in [-0.39, 0.29) is 11.5 Å². The van der Waals surface area contributed by atoms with E-state index in [1.807, 2.05) is 18.2 Å². The fraction of sp³-hybridized carbons (Fsp3) is 0.696. The summed E-state index contributed by atoms with van der Waals surface area (Å²) in [6.45, 7) is 11.2. The molecule has 0 saturated carbocycles. The van der Waals surface area contributed by atoms with E-state index in [0.29, 0.717) is 18.7 Å². The summed E-state index contributed by atoms with van der Waals surface area (Å²) in [5, 5.41) is 3.00. The van der Waals surface area contributed by atoms with Crippen LogP contribution in [0.5, 0.6) is 11.5 Å². The Labute approximate surface area is 166 Å². The van der Waals surface area contributed by atoms with Gasteiger partial charge in [-0.2, -0.15) is 0 Å². The molecule has 4 heteroatoms. The molecule has 1 aromatic rings. The van der Waals surface area contributed by atoms with Gasteiger partial charge in [0, 0.05) is 13.0 Å². The second kappa shape index (κ2) is 11.9. The van der Waals surface area contributed by atoms with Crippen LogP contribution in [-0.2, 0) is 11.3 Å². The summed E-state index contributed by atoms with van der Waals surface area (Å²) in [5.74, 6) is 2.33. The molecule has 1 aromatic carbocycles. The van der Waals surface area contributed by atoms with Crippen LogP contribution >= 0.6 is 0 Å². The SMILES string of the molecule is CCC(C)(C)Oc1ccc(CNC(=O)CCCCCCC(C)C)cc1OC. The molecule has 1 N–H and O–H groups in total. The standard InChI is InChI=1S/C23H39NO3/c1-7-23(4,5)27-20-15-14-19(16-21(20)26-6)17-24-22(25)13-11-9-8-10-12-18(2)3/h14-16,18H,7-13,17H2,1-6H3,(H,24,25). The normalized spacial score (nSPS) is 11.5. The van der Waals surface area contributed by atoms with Crippen molar-refractivity contribution in [3.63, 3.8) is 0 Å². The molecule has 0 aromatic heterocycles. The maximum absolute atomic E-state index is 12.0. The number of benzene rings is 1. The molecule has 0 unspecified atom stereocenters. The van der Waals surface area contributed by atoms with Crippen molar-refractivity contribution < 1.29 is 14.3 Å². The highest BCUT2D eigenvalue weighted by molar-refractivity contribution is 5.75. The largest absolute Gasteiger partial charge is 0.493 e. The highest BCUT2D eigenvalue weighted by atomic mass is 16.5. The number of rotatable bonds is 13. The molecule has 0 saturated heterocycles. The summed E-state index contributed by atoms with van der Waals surface area (Å²) >= 11 is 0. The minimum Gasteiger partial charge on any atom is -0.493 e. The van der Waals surface area contributed by atoms with Crippen molar-refractivity contribution in [2.75, 3.05) is 7.11 Å². The van der Waals surface area contributed by atoms with Gasteiger partial charge in [-0.3, -0.25) is 4.79 Å². The lowest BCUT2D eigenvalue weighted by atomic mass is 10.0. The Bertz CT molecular complexity index is 567. The number of carbonyl (C=O) groups excluding carboxylic acids is 1. The van der Waals surface area contributed by atoms with Gasteiger partial charge in [0.25, 0.3) is 0 Å². The van der Waals surface area contributed by atoms with Crippen LogP contribution in [0, 0.1) is 5.92 Å². The number of hydrogen-bond donors (Lipinski definition) is 1. The molecule has 1 amide bonds. The summed E-state index contributed by atoms with van der Waals surface area (Å²) in [6, 6.07) is 5.84. The topological polar surface area (TPSA) is 47.6 Å². The van der Waals surface area contributed by atoms with E-state index in [1.165, 1.54) is 19.3 Å². The Hall–Kier alpha value is -1.71. The third kappa shape index (κ3) is 9.69. The highest BCUT2D eigenvalue weighted by Gasteiger charge is 2.19. The van der Waals surface area contributed by atoms with Gasteiger partial charge in [-0.25, -0.2) is 0 Å². The molecular formula is C23H39NO3. The number of nitrogens with one attached hydrogen (secondary N) is 1. The second-order valence-electron chi connectivity index (χ2n) is 8.32. The molecule has 27 heavy (non-hydrogen) atoms. The maximum atomic E-state index is 12.0. The van der Waals surface area contributed by atoms with Crippen molar-refractivity contribution in [3.05, 3.63) is 23.8 Å². The summed E-state index contributed by atoms with van der Waals surface area (Å²) in [7, 11) is 1.64. The predicted molar refractivity (Wildman–Crippen MR) is 112 cm³/mol. The van der Waals surface area contributed by atoms with E-state index in [1.54, 1.807) is 7.11 Å². The van der Waals surface area contributed by atoms with Crippen LogP contribution in [0.1, 0.15) is 85.1 Å². The summed E-state index contributed by atoms with van der Waals surface area (Å²) in [6.07, 6.45) is 7.37. The van der Waals surface area contributed by atoms with E-state index in [0.717, 1.165) is 36.5 Å². The first kappa shape index (κ1) is 23.3. The zero-order valence-corrected chi connectivity index (χ0v) is 18.2. The van der Waals surface area contributed by atoms with Gasteiger partial charge in [0.2, 0.25) is 5.91 Å². The van der Waals surface area contributed by atoms with Crippen molar-refractivity contribution in [1.29, 1.82) is 0 Å². The smallest absolute Gasteiger partial charge is 0.220 e. The molecule has 0 bridgehead atoms. The Morgan fingerprint density at radius 3 is 2.44 bits per heavy atom. The molecule has 1 rings (SSSR count). The van der Waals surface area contributed by atoms with Gasteiger partial charge in [0.1, 0.15) is 5.60 Å². The molecule has 0 aliphatic rings. The average molecular weight is 378 g/mol. The third-order valence-electron chi connectivity index (χ3n) is 4.89. The molecule has 0 heterocycles. The highest BCUT2D eigenvalue weighted by Crippen LogP contribution is 2.32. The first-order valence-electron chi connectivity index (χ1n) is 10.4. The van der Waals surface area contributed by atoms with Gasteiger partial charge in [0.15, 0.2) is 11.5 Å². The maximum Gasteiger partial charge on any atom is 0.220 e. The van der Waals surface area contributed by atoms with Crippen molar-refractivity contribution in [1.82, 2.24) is 5.32 Å². The van der Waals surface area contributed by atoms with Crippen molar-refractivity contribution in [3.8, 4) is 11.5 Å². The van der Waals surface area contributed by atoms with Crippen molar-refractivity contribution in [2.45, 2.75) is 91.7 Å². The van der Waals surface area contributed by atoms with Crippen molar-refractivity contribution in [2.24, 2.45) is 5.92 Å². The number of carbonyl (C=O) groups is 1. The number of amides is 1. The number of hydrogen-bond acceptors (Lipinski definition) is 3. The summed E-state index contributed by atoms with van der Waals surface area (Å²) < 4.78 is 11.5. The Morgan fingerprint density at radius 1 is 1.11 bits per heavy atom. The molecule has 0 aliphatic carbocycles. The van der Waals surface area contributed by atoms with Gasteiger partial charge in [-0.15, -0.1) is 0 Å². The molecule has 0 spiro atoms. The van der Waals surface area contributed by atoms with E-state index < -0.39 is 0 Å². The van der Waals surface area contributed by atoms with E-state index in [4.69, 9.17) is 9.47 Å². The van der Waals surface area contributed by atoms with Gasteiger partial charge in [0.05, 0.1) is 7.11 Å². The Balaban J connectivity index is 2.40. The van der Waals surface area contributed by atoms with Crippen LogP contribution in [0.15, 0.2) is 18.2 Å². The number of unbranched alkanes of at least 4 members (excludes halogenated alkanes) is 3. The van der Waals surface area contributed by atoms with Crippen LogP contribution in [-0.4, -0.2) is 18.6 Å². The average Bonchev–Trinajstić information content (AvgIpc) is 2.63. The number of ether oxygens (including phenoxy) is 2. The Kier molecular flexibility index (Phi) is 10.3. The van der Waals surface area contributed by atoms with Crippen LogP contribution in [0.25, 0.3) is 0 Å². The third-order valence-corrected chi connectivity index (χ3v) is 4.89. The summed E-state index contributed by atoms with van der Waals surface area (Å²) in [4.78, 5) is 12.0. The summed E-state index contributed by atoms with van der Waals surface area (Å²) in [5.41, 5.74) is 0.775. The zero-order chi connectivity index (χ0) is 20.3. The van der Waals surface area contributed by atoms with Gasteiger partial charge >= 0.3 is 0 Å². The lowest BCUT2D eigenvalue weighted by Crippen LogP contribution is -2.27. The monoisotopic (exact) mass is 377 g/mol. The molecule has 0 fully saturated rings. The predicted octanol–water partition coefficient (Wildman–Crippen LogP) is 5.88. The first-order chi connectivity index (χ1) is 12.8. The fourth-order valence-corrected chi connectivity index (χ4v) is 2.76. The van der Waals surface area contributed by atoms with Crippen LogP contribution in [0.3, 0.4) is 0 Å². The minimum atomic E-state index is -0.238. The zero-order valence-electron chi connectivity index (χ0n) is 18.2. The van der Waals surface area contributed by atoms with Gasteiger partial charge in [-0.05, 0) is 50.3 Å². The Morgan fingerprint density at radius 2 is 1.81 bits per heavy atom. The van der Waals surface area contributed by atoms with Crippen LogP contribution in [0.4, 0.5) is 0 Å². The van der Waals surface area contributed by atoms with E-state index in [9.17, 15) is 4.79 Å². The van der Waals surface area contributed by atoms with Crippen LogP contribution in [0.2, 0.25) is 0 Å². The van der Waals surface area contributed by atoms with Gasteiger partial charge < -0.3 is 14.8 Å².